The van der Waals surface area contributed by atoms with Gasteiger partial charge in [0.2, 0.25) is 0 Å². The highest BCUT2D eigenvalue weighted by molar-refractivity contribution is 4.55. The van der Waals surface area contributed by atoms with Gasteiger partial charge in [-0.2, -0.15) is 0 Å². The predicted molar refractivity (Wildman–Crippen MR) is 318 cm³/mol. The van der Waals surface area contributed by atoms with Crippen LogP contribution in [0.5, 0.6) is 0 Å². The predicted octanol–water partition coefficient (Wildman–Crippen LogP) is 10.2. The van der Waals surface area contributed by atoms with E-state index < -0.39 is 0 Å². The van der Waals surface area contributed by atoms with Gasteiger partial charge in [0.25, 0.3) is 0 Å². The molecule has 0 unspecified atom stereocenters. The van der Waals surface area contributed by atoms with Crippen LogP contribution in [0.15, 0.2) is 0 Å². The lowest BCUT2D eigenvalue weighted by molar-refractivity contribution is 0.544. The van der Waals surface area contributed by atoms with Crippen LogP contribution < -0.4 is 66.3 Å². The van der Waals surface area contributed by atoms with E-state index >= 15 is 0 Å². The molecule has 0 aromatic carbocycles. The third-order valence-corrected chi connectivity index (χ3v) is 11.3. The molecule has 69 heavy (non-hydrogen) atoms. The zero-order chi connectivity index (χ0) is 52.3. The van der Waals surface area contributed by atoms with Gasteiger partial charge in [0, 0.05) is 0 Å². The minimum absolute atomic E-state index is 0.819. The molecule has 0 spiro atoms. The van der Waals surface area contributed by atoms with Gasteiger partial charge in [-0.1, -0.05) is 138 Å². The molecule has 0 amide bonds. The van der Waals surface area contributed by atoms with E-state index in [2.05, 4.69) is 73.4 Å². The second kappa shape index (κ2) is 93.5. The molecule has 0 aromatic rings. The van der Waals surface area contributed by atoms with Gasteiger partial charge in [0.05, 0.1) is 0 Å². The molecule has 0 rings (SSSR count). The molecule has 0 fully saturated rings. The summed E-state index contributed by atoms with van der Waals surface area (Å²) in [5, 5.41) is 20.8. The van der Waals surface area contributed by atoms with Gasteiger partial charge in [-0.25, -0.2) is 0 Å². The van der Waals surface area contributed by atoms with Crippen molar-refractivity contribution in [1.29, 1.82) is 0 Å². The maximum absolute atomic E-state index is 5.46. The average Bonchev–Trinajstić information content (AvgIpc) is 3.37. The molecule has 0 heterocycles. The topological polar surface area (TPSA) is 228 Å². The summed E-state index contributed by atoms with van der Waals surface area (Å²) < 4.78 is 0. The molecule has 0 bridgehead atoms. The van der Waals surface area contributed by atoms with Crippen LogP contribution in [-0.4, -0.2) is 118 Å². The van der Waals surface area contributed by atoms with Crippen LogP contribution in [0.2, 0.25) is 0 Å². The van der Waals surface area contributed by atoms with Gasteiger partial charge in [-0.05, 0) is 233 Å². The van der Waals surface area contributed by atoms with Crippen molar-refractivity contribution in [2.45, 2.75) is 253 Å². The number of hydrogen-bond acceptors (Lipinski definition) is 12. The number of unbranched alkanes of at least 4 members (excludes halogenated alkanes) is 21. The lowest BCUT2D eigenvalue weighted by Crippen LogP contribution is -2.19. The normalized spacial score (nSPS) is 10.4. The van der Waals surface area contributed by atoms with Crippen molar-refractivity contribution in [3.8, 4) is 0 Å². The summed E-state index contributed by atoms with van der Waals surface area (Å²) in [6.45, 7) is 32.3. The minimum Gasteiger partial charge on any atom is -0.330 e. The van der Waals surface area contributed by atoms with Gasteiger partial charge in [-0.3, -0.25) is 0 Å². The fraction of sp³-hybridized carbons (Fsp3) is 1.00. The molecule has 12 heteroatoms. The summed E-state index contributed by atoms with van der Waals surface area (Å²) in [7, 11) is 0. The number of nitrogens with one attached hydrogen (secondary N) is 6. The van der Waals surface area contributed by atoms with E-state index in [1.54, 1.807) is 0 Å². The molecular weight excluding hydrogens is 853 g/mol. The molecule has 0 saturated carbocycles. The molecular formula is C57H138N12. The van der Waals surface area contributed by atoms with E-state index in [1.807, 2.05) is 0 Å². The molecule has 0 saturated heterocycles. The quantitative estimate of drug-likeness (QED) is 0.0256. The van der Waals surface area contributed by atoms with Gasteiger partial charge in [-0.15, -0.1) is 0 Å². The molecule has 12 nitrogen and oxygen atoms in total. The zero-order valence-corrected chi connectivity index (χ0v) is 48.5. The van der Waals surface area contributed by atoms with Crippen LogP contribution in [0.1, 0.15) is 253 Å². The standard InChI is InChI=1S/C16H37N3.C13H31N3.C11H26N2.C8H20N2.C6H15N.C3H9N/c1-2-3-4-8-13-18-15-10-6-11-16-19-14-9-5-7-12-17;1-2-10-15-11-7-4-8-13-16-12-6-3-5-9-14;1-2-3-4-7-10-13-11-8-5-6-9-12;1-2-7-10-8-5-3-4-6-9;1-2-3-4-5-6-7;1-2-3-4/h18-19H,2-17H2,1H3;15-16H,2-14H2,1H3;13H,2-12H2,1H3;10H,2-9H2,1H3;2-7H2,1H3;2-4H2,1H3. The van der Waals surface area contributed by atoms with E-state index in [0.717, 1.165) is 71.9 Å². The first-order valence-corrected chi connectivity index (χ1v) is 30.4. The number of rotatable bonds is 51. The van der Waals surface area contributed by atoms with E-state index in [0.29, 0.717) is 0 Å². The smallest absolute Gasteiger partial charge is 0.00489 e. The molecule has 0 aromatic heterocycles. The van der Waals surface area contributed by atoms with E-state index in [-0.39, 0.29) is 0 Å². The monoisotopic (exact) mass is 991 g/mol. The van der Waals surface area contributed by atoms with Gasteiger partial charge in [0.15, 0.2) is 0 Å². The molecule has 0 aliphatic heterocycles. The maximum Gasteiger partial charge on any atom is -0.00489 e. The van der Waals surface area contributed by atoms with E-state index in [4.69, 9.17) is 34.4 Å². The summed E-state index contributed by atoms with van der Waals surface area (Å²) in [5.74, 6) is 0. The van der Waals surface area contributed by atoms with Crippen molar-refractivity contribution in [3.63, 3.8) is 0 Å². The fourth-order valence-corrected chi connectivity index (χ4v) is 6.67. The molecule has 0 aliphatic carbocycles. The minimum atomic E-state index is 0.819. The maximum atomic E-state index is 5.46. The Bertz CT molecular complexity index is 657. The lowest BCUT2D eigenvalue weighted by Gasteiger charge is -2.06. The van der Waals surface area contributed by atoms with Crippen molar-refractivity contribution in [2.24, 2.45) is 34.4 Å². The zero-order valence-electron chi connectivity index (χ0n) is 48.5. The Labute approximate surface area is 436 Å². The second-order valence-electron chi connectivity index (χ2n) is 18.8. The highest BCUT2D eigenvalue weighted by atomic mass is 14.9. The Hall–Kier alpha value is -0.480. The largest absolute Gasteiger partial charge is 0.330 e. The fourth-order valence-electron chi connectivity index (χ4n) is 6.67. The van der Waals surface area contributed by atoms with Gasteiger partial charge >= 0.3 is 0 Å². The summed E-state index contributed by atoms with van der Waals surface area (Å²) >= 11 is 0. The van der Waals surface area contributed by atoms with Crippen LogP contribution in [0.4, 0.5) is 0 Å². The van der Waals surface area contributed by atoms with Crippen molar-refractivity contribution in [2.75, 3.05) is 118 Å². The number of nitrogens with two attached hydrogens (primary N) is 6. The Morgan fingerprint density at radius 3 is 0.478 bits per heavy atom. The van der Waals surface area contributed by atoms with Crippen LogP contribution in [0.25, 0.3) is 0 Å². The van der Waals surface area contributed by atoms with Gasteiger partial charge in [0.1, 0.15) is 0 Å². The van der Waals surface area contributed by atoms with Crippen molar-refractivity contribution < 1.29 is 0 Å². The van der Waals surface area contributed by atoms with Crippen LogP contribution >= 0.6 is 0 Å². The Morgan fingerprint density at radius 1 is 0.159 bits per heavy atom. The van der Waals surface area contributed by atoms with Crippen molar-refractivity contribution in [1.82, 2.24) is 31.9 Å². The first-order chi connectivity index (χ1) is 34.0. The molecule has 0 radical (unpaired) electrons. The van der Waals surface area contributed by atoms with Crippen LogP contribution in [-0.2, 0) is 0 Å². The first-order valence-electron chi connectivity index (χ1n) is 30.4. The molecule has 0 aliphatic rings. The first kappa shape index (κ1) is 79.9. The summed E-state index contributed by atoms with van der Waals surface area (Å²) in [6.07, 6.45) is 42.5. The molecule has 0 atom stereocenters. The van der Waals surface area contributed by atoms with Crippen molar-refractivity contribution >= 4 is 0 Å². The highest BCUT2D eigenvalue weighted by Crippen LogP contribution is 2.00. The van der Waals surface area contributed by atoms with Crippen LogP contribution in [0, 0.1) is 0 Å². The number of hydrogen-bond donors (Lipinski definition) is 12. The SMILES string of the molecule is CCCCCCN.CCCCCCNCCCCCN.CCCCCCNCCCCCNCCCCCN.CCCN.CCCNCCCCCN.CCCNCCCCCNCCCCCN. The van der Waals surface area contributed by atoms with E-state index in [9.17, 15) is 0 Å². The Balaban J connectivity index is -0.000000182. The summed E-state index contributed by atoms with van der Waals surface area (Å²) in [4.78, 5) is 0. The molecule has 426 valence electrons. The van der Waals surface area contributed by atoms with Gasteiger partial charge < -0.3 is 66.3 Å². The lowest BCUT2D eigenvalue weighted by atomic mass is 10.2. The van der Waals surface area contributed by atoms with Crippen molar-refractivity contribution in [3.05, 3.63) is 0 Å². The third-order valence-electron chi connectivity index (χ3n) is 11.3. The summed E-state index contributed by atoms with van der Waals surface area (Å²) in [6, 6.07) is 0. The Morgan fingerprint density at radius 2 is 0.319 bits per heavy atom. The highest BCUT2D eigenvalue weighted by Gasteiger charge is 1.94. The third kappa shape index (κ3) is 114. The van der Waals surface area contributed by atoms with Crippen LogP contribution in [0.3, 0.4) is 0 Å². The summed E-state index contributed by atoms with van der Waals surface area (Å²) in [5.41, 5.74) is 31.9. The average molecular weight is 992 g/mol. The van der Waals surface area contributed by atoms with E-state index in [1.165, 1.54) is 258 Å². The molecule has 18 N–H and O–H groups in total. The Kier molecular flexibility index (Phi) is 108. The second-order valence-corrected chi connectivity index (χ2v) is 18.8.